The quantitative estimate of drug-likeness (QED) is 0.602. The van der Waals surface area contributed by atoms with Crippen molar-refractivity contribution in [2.75, 3.05) is 12.4 Å². The Kier molecular flexibility index (Phi) is 6.21. The number of aromatic nitrogens is 4. The lowest BCUT2D eigenvalue weighted by Gasteiger charge is -2.16. The van der Waals surface area contributed by atoms with Gasteiger partial charge in [0.25, 0.3) is 5.91 Å². The Morgan fingerprint density at radius 2 is 2.03 bits per heavy atom. The number of hydrogen-bond donors (Lipinski definition) is 1. The molecule has 3 aromatic rings. The lowest BCUT2D eigenvalue weighted by atomic mass is 10.2. The molecule has 2 atom stereocenters. The summed E-state index contributed by atoms with van der Waals surface area (Å²) in [5, 5.41) is 15.0. The standard InChI is InChI=1S/C21H23N5O2S/c1-15(20-23-24-25-26(20)16-8-3-2-4-9-16)22-21(27)18-11-5-6-12-19(18)29-14-17-10-7-13-28-17/h2-6,8-9,11-12,15,17H,7,10,13-14H2,1H3,(H,22,27). The molecule has 0 bridgehead atoms. The molecule has 2 unspecified atom stereocenters. The van der Waals surface area contributed by atoms with Gasteiger partial charge in [-0.2, -0.15) is 4.68 Å². The van der Waals surface area contributed by atoms with E-state index in [1.165, 1.54) is 0 Å². The number of tetrazole rings is 1. The van der Waals surface area contributed by atoms with Gasteiger partial charge in [-0.15, -0.1) is 16.9 Å². The van der Waals surface area contributed by atoms with Gasteiger partial charge in [0.1, 0.15) is 0 Å². The van der Waals surface area contributed by atoms with Gasteiger partial charge in [-0.25, -0.2) is 0 Å². The van der Waals surface area contributed by atoms with Crippen molar-refractivity contribution in [3.05, 3.63) is 66.0 Å². The number of hydrogen-bond acceptors (Lipinski definition) is 6. The fraction of sp³-hybridized carbons (Fsp3) is 0.333. The average Bonchev–Trinajstić information content (AvgIpc) is 3.45. The van der Waals surface area contributed by atoms with Gasteiger partial charge in [-0.05, 0) is 54.5 Å². The highest BCUT2D eigenvalue weighted by atomic mass is 32.2. The molecule has 150 valence electrons. The zero-order valence-electron chi connectivity index (χ0n) is 16.2. The van der Waals surface area contributed by atoms with E-state index in [0.717, 1.165) is 35.8 Å². The molecule has 0 saturated carbocycles. The molecule has 1 aliphatic rings. The van der Waals surface area contributed by atoms with E-state index in [4.69, 9.17) is 4.74 Å². The first-order valence-electron chi connectivity index (χ1n) is 9.70. The van der Waals surface area contributed by atoms with E-state index in [1.807, 2.05) is 61.5 Å². The van der Waals surface area contributed by atoms with Crippen molar-refractivity contribution in [3.8, 4) is 5.69 Å². The third-order valence-electron chi connectivity index (χ3n) is 4.81. The fourth-order valence-electron chi connectivity index (χ4n) is 3.29. The smallest absolute Gasteiger partial charge is 0.252 e. The van der Waals surface area contributed by atoms with Crippen LogP contribution in [0.4, 0.5) is 0 Å². The lowest BCUT2D eigenvalue weighted by molar-refractivity contribution is 0.0934. The van der Waals surface area contributed by atoms with Gasteiger partial charge in [-0.3, -0.25) is 4.79 Å². The summed E-state index contributed by atoms with van der Waals surface area (Å²) in [6.07, 6.45) is 2.46. The van der Waals surface area contributed by atoms with Gasteiger partial charge < -0.3 is 10.1 Å². The monoisotopic (exact) mass is 409 g/mol. The largest absolute Gasteiger partial charge is 0.377 e. The van der Waals surface area contributed by atoms with Crippen molar-refractivity contribution in [1.82, 2.24) is 25.5 Å². The second kappa shape index (κ2) is 9.19. The van der Waals surface area contributed by atoms with Crippen LogP contribution in [0, 0.1) is 0 Å². The molecular formula is C21H23N5O2S. The molecule has 2 heterocycles. The maximum atomic E-state index is 13.0. The van der Waals surface area contributed by atoms with Gasteiger partial charge in [0, 0.05) is 17.3 Å². The molecule has 1 aromatic heterocycles. The van der Waals surface area contributed by atoms with Crippen LogP contribution in [-0.4, -0.2) is 44.6 Å². The minimum absolute atomic E-state index is 0.143. The average molecular weight is 410 g/mol. The summed E-state index contributed by atoms with van der Waals surface area (Å²) in [5.74, 6) is 1.29. The highest BCUT2D eigenvalue weighted by Gasteiger charge is 2.21. The van der Waals surface area contributed by atoms with E-state index in [2.05, 4.69) is 20.8 Å². The van der Waals surface area contributed by atoms with Crippen molar-refractivity contribution in [2.45, 2.75) is 36.8 Å². The van der Waals surface area contributed by atoms with Crippen LogP contribution in [-0.2, 0) is 4.74 Å². The number of amides is 1. The minimum atomic E-state index is -0.353. The van der Waals surface area contributed by atoms with Crippen LogP contribution in [0.3, 0.4) is 0 Å². The van der Waals surface area contributed by atoms with Crippen molar-refractivity contribution < 1.29 is 9.53 Å². The normalized spacial score (nSPS) is 17.2. The predicted molar refractivity (Wildman–Crippen MR) is 111 cm³/mol. The Labute approximate surface area is 173 Å². The maximum absolute atomic E-state index is 13.0. The molecule has 1 aliphatic heterocycles. The van der Waals surface area contributed by atoms with Crippen LogP contribution in [0.5, 0.6) is 0 Å². The number of thioether (sulfide) groups is 1. The summed E-state index contributed by atoms with van der Waals surface area (Å²) in [6, 6.07) is 16.9. The lowest BCUT2D eigenvalue weighted by Crippen LogP contribution is -2.29. The topological polar surface area (TPSA) is 81.9 Å². The molecule has 7 nitrogen and oxygen atoms in total. The van der Waals surface area contributed by atoms with E-state index in [-0.39, 0.29) is 18.1 Å². The molecule has 0 spiro atoms. The first-order valence-corrected chi connectivity index (χ1v) is 10.7. The summed E-state index contributed by atoms with van der Waals surface area (Å²) in [5.41, 5.74) is 1.50. The second-order valence-corrected chi connectivity index (χ2v) is 7.98. The first-order chi connectivity index (χ1) is 14.2. The molecule has 1 fully saturated rings. The number of nitrogens with zero attached hydrogens (tertiary/aromatic N) is 4. The molecule has 0 radical (unpaired) electrons. The van der Waals surface area contributed by atoms with E-state index in [9.17, 15) is 4.79 Å². The van der Waals surface area contributed by atoms with E-state index >= 15 is 0 Å². The summed E-state index contributed by atoms with van der Waals surface area (Å²) < 4.78 is 7.34. The van der Waals surface area contributed by atoms with Crippen LogP contribution in [0.25, 0.3) is 5.69 Å². The van der Waals surface area contributed by atoms with Gasteiger partial charge in [0.2, 0.25) is 0 Å². The van der Waals surface area contributed by atoms with Gasteiger partial charge >= 0.3 is 0 Å². The number of rotatable bonds is 7. The molecule has 2 aromatic carbocycles. The number of nitrogens with one attached hydrogen (secondary N) is 1. The Morgan fingerprint density at radius 1 is 1.24 bits per heavy atom. The zero-order valence-corrected chi connectivity index (χ0v) is 17.0. The van der Waals surface area contributed by atoms with Crippen LogP contribution < -0.4 is 5.32 Å². The van der Waals surface area contributed by atoms with Crippen molar-refractivity contribution in [3.63, 3.8) is 0 Å². The van der Waals surface area contributed by atoms with Crippen LogP contribution in [0.1, 0.15) is 42.0 Å². The number of benzene rings is 2. The van der Waals surface area contributed by atoms with Crippen molar-refractivity contribution in [2.24, 2.45) is 0 Å². The molecular weight excluding hydrogens is 386 g/mol. The van der Waals surface area contributed by atoms with Crippen LogP contribution in [0.15, 0.2) is 59.5 Å². The van der Waals surface area contributed by atoms with E-state index < -0.39 is 0 Å². The maximum Gasteiger partial charge on any atom is 0.252 e. The number of para-hydroxylation sites is 1. The Morgan fingerprint density at radius 3 is 2.83 bits per heavy atom. The summed E-state index contributed by atoms with van der Waals surface area (Å²) >= 11 is 1.67. The SMILES string of the molecule is CC(NC(=O)c1ccccc1SCC1CCCO1)c1nnnn1-c1ccccc1. The molecule has 1 N–H and O–H groups in total. The molecule has 29 heavy (non-hydrogen) atoms. The molecule has 4 rings (SSSR count). The first kappa shape index (κ1) is 19.6. The molecule has 1 saturated heterocycles. The Bertz CT molecular complexity index is 956. The highest BCUT2D eigenvalue weighted by Crippen LogP contribution is 2.27. The molecule has 0 aliphatic carbocycles. The molecule has 1 amide bonds. The second-order valence-electron chi connectivity index (χ2n) is 6.92. The van der Waals surface area contributed by atoms with Crippen LogP contribution in [0.2, 0.25) is 0 Å². The zero-order chi connectivity index (χ0) is 20.1. The fourth-order valence-corrected chi connectivity index (χ4v) is 4.41. The van der Waals surface area contributed by atoms with Gasteiger partial charge in [0.15, 0.2) is 5.82 Å². The third kappa shape index (κ3) is 4.65. The van der Waals surface area contributed by atoms with Crippen LogP contribution >= 0.6 is 11.8 Å². The number of carbonyl (C=O) groups excluding carboxylic acids is 1. The van der Waals surface area contributed by atoms with E-state index in [0.29, 0.717) is 11.4 Å². The molecule has 8 heteroatoms. The van der Waals surface area contributed by atoms with E-state index in [1.54, 1.807) is 16.4 Å². The summed E-state index contributed by atoms with van der Waals surface area (Å²) in [6.45, 7) is 2.71. The van der Waals surface area contributed by atoms with Gasteiger partial charge in [-0.1, -0.05) is 30.3 Å². The Balaban J connectivity index is 1.47. The highest BCUT2D eigenvalue weighted by molar-refractivity contribution is 7.99. The minimum Gasteiger partial charge on any atom is -0.377 e. The third-order valence-corrected chi connectivity index (χ3v) is 6.02. The van der Waals surface area contributed by atoms with Crippen molar-refractivity contribution in [1.29, 1.82) is 0 Å². The number of carbonyl (C=O) groups is 1. The summed E-state index contributed by atoms with van der Waals surface area (Å²) in [4.78, 5) is 13.9. The van der Waals surface area contributed by atoms with Gasteiger partial charge in [0.05, 0.1) is 23.4 Å². The summed E-state index contributed by atoms with van der Waals surface area (Å²) in [7, 11) is 0. The number of ether oxygens (including phenoxy) is 1. The predicted octanol–water partition coefficient (Wildman–Crippen LogP) is 3.42. The Hall–Kier alpha value is -2.71. The van der Waals surface area contributed by atoms with Crippen molar-refractivity contribution >= 4 is 17.7 Å².